The number of fused-ring (bicyclic) bond motifs is 1. The molecule has 2 aromatic rings. The zero-order valence-electron chi connectivity index (χ0n) is 10.1. The summed E-state index contributed by atoms with van der Waals surface area (Å²) in [4.78, 5) is 2.41. The van der Waals surface area contributed by atoms with Crippen molar-refractivity contribution >= 4 is 11.6 Å². The monoisotopic (exact) mass is 262 g/mol. The molecule has 3 rings (SSSR count). The van der Waals surface area contributed by atoms with E-state index in [1.807, 2.05) is 24.5 Å². The maximum atomic E-state index is 6.20. The van der Waals surface area contributed by atoms with Gasteiger partial charge in [0.15, 0.2) is 0 Å². The zero-order chi connectivity index (χ0) is 12.4. The molecule has 2 heterocycles. The summed E-state index contributed by atoms with van der Waals surface area (Å²) in [5.74, 6) is 1.08. The van der Waals surface area contributed by atoms with Crippen LogP contribution in [-0.2, 0) is 19.5 Å². The molecule has 0 saturated heterocycles. The average Bonchev–Trinajstić information content (AvgIpc) is 2.75. The molecule has 1 aliphatic heterocycles. The first-order chi connectivity index (χ1) is 8.83. The van der Waals surface area contributed by atoms with Crippen molar-refractivity contribution in [2.45, 2.75) is 19.5 Å². The highest BCUT2D eigenvalue weighted by Crippen LogP contribution is 2.18. The number of hydrogen-bond acceptors (Lipinski definition) is 3. The first-order valence-corrected chi connectivity index (χ1v) is 6.53. The normalized spacial score (nSPS) is 16.3. The molecule has 0 spiro atoms. The zero-order valence-corrected chi connectivity index (χ0v) is 10.8. The minimum absolute atomic E-state index is 0.848. The van der Waals surface area contributed by atoms with Gasteiger partial charge in [-0.2, -0.15) is 0 Å². The van der Waals surface area contributed by atoms with Gasteiger partial charge in [0.05, 0.1) is 0 Å². The van der Waals surface area contributed by atoms with E-state index >= 15 is 0 Å². The highest BCUT2D eigenvalue weighted by molar-refractivity contribution is 6.31. The predicted molar refractivity (Wildman–Crippen MR) is 70.5 cm³/mol. The maximum Gasteiger partial charge on any atom is 0.134 e. The molecule has 4 nitrogen and oxygen atoms in total. The van der Waals surface area contributed by atoms with Crippen LogP contribution in [0.5, 0.6) is 0 Å². The highest BCUT2D eigenvalue weighted by atomic mass is 35.5. The maximum absolute atomic E-state index is 6.20. The average molecular weight is 263 g/mol. The lowest BCUT2D eigenvalue weighted by atomic mass is 10.2. The van der Waals surface area contributed by atoms with Crippen molar-refractivity contribution in [2.75, 3.05) is 13.1 Å². The first kappa shape index (κ1) is 11.7. The van der Waals surface area contributed by atoms with Crippen LogP contribution in [0.2, 0.25) is 5.02 Å². The fraction of sp³-hybridized carbons (Fsp3) is 0.385. The Morgan fingerprint density at radius 3 is 2.94 bits per heavy atom. The minimum atomic E-state index is 0.848. The van der Waals surface area contributed by atoms with E-state index in [0.717, 1.165) is 43.4 Å². The Kier molecular flexibility index (Phi) is 3.30. The molecule has 5 heteroatoms. The molecule has 0 saturated carbocycles. The molecule has 0 radical (unpaired) electrons. The third-order valence-electron chi connectivity index (χ3n) is 3.36. The highest BCUT2D eigenvalue weighted by Gasteiger charge is 2.15. The van der Waals surface area contributed by atoms with Crippen LogP contribution in [0, 0.1) is 0 Å². The Hall–Kier alpha value is -1.39. The number of benzene rings is 1. The second-order valence-corrected chi connectivity index (χ2v) is 4.97. The lowest BCUT2D eigenvalue weighted by Gasteiger charge is -2.20. The van der Waals surface area contributed by atoms with Gasteiger partial charge in [-0.1, -0.05) is 29.8 Å². The van der Waals surface area contributed by atoms with E-state index in [0.29, 0.717) is 0 Å². The fourth-order valence-corrected chi connectivity index (χ4v) is 2.50. The quantitative estimate of drug-likeness (QED) is 0.830. The summed E-state index contributed by atoms with van der Waals surface area (Å²) in [5.41, 5.74) is 1.19. The molecule has 0 N–H and O–H groups in total. The molecule has 1 aromatic heterocycles. The van der Waals surface area contributed by atoms with Gasteiger partial charge in [0.1, 0.15) is 12.2 Å². The van der Waals surface area contributed by atoms with Crippen LogP contribution in [0.4, 0.5) is 0 Å². The number of aromatic nitrogens is 3. The van der Waals surface area contributed by atoms with Crippen molar-refractivity contribution in [3.63, 3.8) is 0 Å². The summed E-state index contributed by atoms with van der Waals surface area (Å²) in [6.07, 6.45) is 2.76. The van der Waals surface area contributed by atoms with Crippen molar-refractivity contribution in [3.05, 3.63) is 47.0 Å². The molecule has 0 fully saturated rings. The van der Waals surface area contributed by atoms with Gasteiger partial charge in [0.2, 0.25) is 0 Å². The minimum Gasteiger partial charge on any atom is -0.316 e. The van der Waals surface area contributed by atoms with Gasteiger partial charge in [-0.25, -0.2) is 0 Å². The first-order valence-electron chi connectivity index (χ1n) is 6.15. The summed E-state index contributed by atoms with van der Waals surface area (Å²) in [6, 6.07) is 8.04. The molecule has 0 aliphatic carbocycles. The standard InChI is InChI=1S/C13H15ClN4/c14-12-4-2-1-3-11(12)9-17-6-5-13-16-15-10-18(13)8-7-17/h1-4,10H,5-9H2. The van der Waals surface area contributed by atoms with Crippen LogP contribution in [-0.4, -0.2) is 32.8 Å². The number of halogens is 1. The second-order valence-electron chi connectivity index (χ2n) is 4.56. The van der Waals surface area contributed by atoms with Crippen molar-refractivity contribution < 1.29 is 0 Å². The number of hydrogen-bond donors (Lipinski definition) is 0. The van der Waals surface area contributed by atoms with Crippen LogP contribution in [0.15, 0.2) is 30.6 Å². The van der Waals surface area contributed by atoms with E-state index in [4.69, 9.17) is 11.6 Å². The van der Waals surface area contributed by atoms with E-state index in [1.165, 1.54) is 5.56 Å². The van der Waals surface area contributed by atoms with Crippen LogP contribution >= 0.6 is 11.6 Å². The molecule has 94 valence electrons. The van der Waals surface area contributed by atoms with Gasteiger partial charge < -0.3 is 4.57 Å². The van der Waals surface area contributed by atoms with Gasteiger partial charge in [0.25, 0.3) is 0 Å². The summed E-state index contributed by atoms with van der Waals surface area (Å²) < 4.78 is 2.13. The molecule has 1 aliphatic rings. The Labute approximate surface area is 111 Å². The Balaban J connectivity index is 1.69. The largest absolute Gasteiger partial charge is 0.316 e. The molecule has 18 heavy (non-hydrogen) atoms. The Morgan fingerprint density at radius 1 is 1.17 bits per heavy atom. The van der Waals surface area contributed by atoms with E-state index in [1.54, 1.807) is 0 Å². The van der Waals surface area contributed by atoms with Crippen LogP contribution in [0.25, 0.3) is 0 Å². The van der Waals surface area contributed by atoms with E-state index < -0.39 is 0 Å². The van der Waals surface area contributed by atoms with Crippen molar-refractivity contribution in [1.82, 2.24) is 19.7 Å². The summed E-state index contributed by atoms with van der Waals surface area (Å²) >= 11 is 6.20. The summed E-state index contributed by atoms with van der Waals surface area (Å²) in [6.45, 7) is 3.87. The smallest absolute Gasteiger partial charge is 0.134 e. The van der Waals surface area contributed by atoms with Crippen molar-refractivity contribution in [1.29, 1.82) is 0 Å². The van der Waals surface area contributed by atoms with Gasteiger partial charge in [-0.15, -0.1) is 10.2 Å². The van der Waals surface area contributed by atoms with Gasteiger partial charge in [-0.05, 0) is 11.6 Å². The summed E-state index contributed by atoms with van der Waals surface area (Å²) in [7, 11) is 0. The van der Waals surface area contributed by atoms with Crippen molar-refractivity contribution in [3.8, 4) is 0 Å². The molecule has 0 atom stereocenters. The molecule has 0 amide bonds. The van der Waals surface area contributed by atoms with Crippen molar-refractivity contribution in [2.24, 2.45) is 0 Å². The van der Waals surface area contributed by atoms with Crippen LogP contribution in [0.3, 0.4) is 0 Å². The van der Waals surface area contributed by atoms with E-state index in [-0.39, 0.29) is 0 Å². The molecule has 0 unspecified atom stereocenters. The van der Waals surface area contributed by atoms with Gasteiger partial charge in [0, 0.05) is 37.6 Å². The second kappa shape index (κ2) is 5.08. The fourth-order valence-electron chi connectivity index (χ4n) is 2.30. The lowest BCUT2D eigenvalue weighted by Crippen LogP contribution is -2.26. The Bertz CT molecular complexity index is 515. The third-order valence-corrected chi connectivity index (χ3v) is 3.73. The predicted octanol–water partition coefficient (Wildman–Crippen LogP) is 1.99. The Morgan fingerprint density at radius 2 is 2.06 bits per heavy atom. The SMILES string of the molecule is Clc1ccccc1CN1CCc2nncn2CC1. The van der Waals surface area contributed by atoms with Crippen LogP contribution < -0.4 is 0 Å². The molecular weight excluding hydrogens is 248 g/mol. The molecule has 1 aromatic carbocycles. The van der Waals surface area contributed by atoms with E-state index in [2.05, 4.69) is 25.7 Å². The number of rotatable bonds is 2. The van der Waals surface area contributed by atoms with Crippen LogP contribution in [0.1, 0.15) is 11.4 Å². The number of nitrogens with zero attached hydrogens (tertiary/aromatic N) is 4. The molecular formula is C13H15ClN4. The van der Waals surface area contributed by atoms with Gasteiger partial charge in [-0.3, -0.25) is 4.90 Å². The third kappa shape index (κ3) is 2.40. The molecule has 0 bridgehead atoms. The van der Waals surface area contributed by atoms with Gasteiger partial charge >= 0.3 is 0 Å². The topological polar surface area (TPSA) is 34.0 Å². The van der Waals surface area contributed by atoms with E-state index in [9.17, 15) is 0 Å². The summed E-state index contributed by atoms with van der Waals surface area (Å²) in [5, 5.41) is 8.93. The lowest BCUT2D eigenvalue weighted by molar-refractivity contribution is 0.271.